The van der Waals surface area contributed by atoms with Gasteiger partial charge in [0.05, 0.1) is 6.61 Å². The zero-order valence-corrected chi connectivity index (χ0v) is 12.6. The number of hydrogen-bond donors (Lipinski definition) is 0. The highest BCUT2D eigenvalue weighted by Crippen LogP contribution is 2.40. The molecule has 3 rings (SSSR count). The van der Waals surface area contributed by atoms with Crippen LogP contribution in [0, 0.1) is 5.41 Å². The standard InChI is InChI=1S/C16H23NO4/c1-2-20-14-4-3-13(21-14)15(18)17-9-5-16(6-10-17)7-11-19-12-8-16/h3-4H,2,5-12H2,1H3. The van der Waals surface area contributed by atoms with Crippen molar-refractivity contribution < 1.29 is 18.7 Å². The molecule has 2 aliphatic rings. The van der Waals surface area contributed by atoms with E-state index in [1.807, 2.05) is 11.8 Å². The van der Waals surface area contributed by atoms with Crippen LogP contribution in [0.3, 0.4) is 0 Å². The van der Waals surface area contributed by atoms with Crippen LogP contribution in [0.1, 0.15) is 43.2 Å². The molecule has 21 heavy (non-hydrogen) atoms. The molecular weight excluding hydrogens is 270 g/mol. The van der Waals surface area contributed by atoms with Crippen LogP contribution >= 0.6 is 0 Å². The number of hydrogen-bond acceptors (Lipinski definition) is 4. The summed E-state index contributed by atoms with van der Waals surface area (Å²) >= 11 is 0. The average molecular weight is 293 g/mol. The first kappa shape index (κ1) is 14.4. The topological polar surface area (TPSA) is 51.9 Å². The predicted octanol–water partition coefficient (Wildman–Crippen LogP) is 2.71. The van der Waals surface area contributed by atoms with Gasteiger partial charge in [-0.15, -0.1) is 0 Å². The lowest BCUT2D eigenvalue weighted by Gasteiger charge is -2.43. The summed E-state index contributed by atoms with van der Waals surface area (Å²) in [6, 6.07) is 3.41. The quantitative estimate of drug-likeness (QED) is 0.860. The van der Waals surface area contributed by atoms with Gasteiger partial charge in [0.15, 0.2) is 5.76 Å². The molecule has 1 amide bonds. The van der Waals surface area contributed by atoms with E-state index in [2.05, 4.69) is 0 Å². The van der Waals surface area contributed by atoms with Gasteiger partial charge in [-0.2, -0.15) is 0 Å². The van der Waals surface area contributed by atoms with Crippen molar-refractivity contribution in [3.63, 3.8) is 0 Å². The molecule has 5 heteroatoms. The molecule has 0 aliphatic carbocycles. The van der Waals surface area contributed by atoms with E-state index in [-0.39, 0.29) is 5.91 Å². The van der Waals surface area contributed by atoms with Gasteiger partial charge in [-0.1, -0.05) is 0 Å². The van der Waals surface area contributed by atoms with Gasteiger partial charge in [0, 0.05) is 32.4 Å². The van der Waals surface area contributed by atoms with E-state index in [1.165, 1.54) is 0 Å². The summed E-state index contributed by atoms with van der Waals surface area (Å²) in [6.45, 7) is 5.78. The number of likely N-dealkylation sites (tertiary alicyclic amines) is 1. The highest BCUT2D eigenvalue weighted by atomic mass is 16.6. The van der Waals surface area contributed by atoms with E-state index in [0.29, 0.717) is 23.7 Å². The number of carbonyl (C=O) groups excluding carboxylic acids is 1. The van der Waals surface area contributed by atoms with Crippen molar-refractivity contribution in [1.29, 1.82) is 0 Å². The minimum Gasteiger partial charge on any atom is -0.465 e. The van der Waals surface area contributed by atoms with E-state index in [9.17, 15) is 4.79 Å². The van der Waals surface area contributed by atoms with Crippen LogP contribution in [0.15, 0.2) is 16.5 Å². The van der Waals surface area contributed by atoms with Crippen LogP contribution in [0.5, 0.6) is 5.95 Å². The molecule has 1 aromatic heterocycles. The van der Waals surface area contributed by atoms with Crippen molar-refractivity contribution in [3.05, 3.63) is 17.9 Å². The Morgan fingerprint density at radius 3 is 2.62 bits per heavy atom. The molecule has 0 N–H and O–H groups in total. The SMILES string of the molecule is CCOc1ccc(C(=O)N2CCC3(CCOCC3)CC2)o1. The summed E-state index contributed by atoms with van der Waals surface area (Å²) in [7, 11) is 0. The van der Waals surface area contributed by atoms with Crippen LogP contribution < -0.4 is 4.74 Å². The van der Waals surface area contributed by atoms with Crippen molar-refractivity contribution >= 4 is 5.91 Å². The largest absolute Gasteiger partial charge is 0.465 e. The summed E-state index contributed by atoms with van der Waals surface area (Å²) < 4.78 is 16.2. The van der Waals surface area contributed by atoms with Crippen LogP contribution in [-0.4, -0.2) is 43.7 Å². The van der Waals surface area contributed by atoms with Gasteiger partial charge in [0.25, 0.3) is 11.9 Å². The van der Waals surface area contributed by atoms with Crippen LogP contribution in [-0.2, 0) is 4.74 Å². The number of nitrogens with zero attached hydrogens (tertiary/aromatic N) is 1. The Morgan fingerprint density at radius 1 is 1.24 bits per heavy atom. The van der Waals surface area contributed by atoms with Gasteiger partial charge in [0.1, 0.15) is 0 Å². The first-order valence-corrected chi connectivity index (χ1v) is 7.82. The van der Waals surface area contributed by atoms with Gasteiger partial charge < -0.3 is 18.8 Å². The molecule has 1 spiro atoms. The third-order valence-electron chi connectivity index (χ3n) is 4.74. The van der Waals surface area contributed by atoms with Crippen molar-refractivity contribution in [2.75, 3.05) is 32.9 Å². The number of rotatable bonds is 3. The Kier molecular flexibility index (Phi) is 4.19. The van der Waals surface area contributed by atoms with Crippen molar-refractivity contribution in [2.24, 2.45) is 5.41 Å². The van der Waals surface area contributed by atoms with E-state index < -0.39 is 0 Å². The highest BCUT2D eigenvalue weighted by Gasteiger charge is 2.37. The Morgan fingerprint density at radius 2 is 1.95 bits per heavy atom. The van der Waals surface area contributed by atoms with E-state index in [1.54, 1.807) is 12.1 Å². The molecule has 0 atom stereocenters. The third kappa shape index (κ3) is 3.07. The van der Waals surface area contributed by atoms with E-state index in [4.69, 9.17) is 13.9 Å². The van der Waals surface area contributed by atoms with Gasteiger partial charge in [-0.3, -0.25) is 4.79 Å². The van der Waals surface area contributed by atoms with Crippen LogP contribution in [0.2, 0.25) is 0 Å². The molecule has 3 heterocycles. The summed E-state index contributed by atoms with van der Waals surface area (Å²) in [6.07, 6.45) is 4.40. The molecule has 0 radical (unpaired) electrons. The minimum atomic E-state index is -0.0251. The molecule has 0 bridgehead atoms. The van der Waals surface area contributed by atoms with Gasteiger partial charge >= 0.3 is 0 Å². The molecule has 1 aromatic rings. The Bertz CT molecular complexity index is 480. The molecule has 0 unspecified atom stereocenters. The lowest BCUT2D eigenvalue weighted by atomic mass is 9.72. The molecule has 2 saturated heterocycles. The van der Waals surface area contributed by atoms with Crippen molar-refractivity contribution in [1.82, 2.24) is 4.90 Å². The zero-order valence-electron chi connectivity index (χ0n) is 12.6. The molecule has 2 fully saturated rings. The second kappa shape index (κ2) is 6.10. The maximum atomic E-state index is 12.4. The number of piperidine rings is 1. The third-order valence-corrected chi connectivity index (χ3v) is 4.74. The van der Waals surface area contributed by atoms with Crippen molar-refractivity contribution in [2.45, 2.75) is 32.6 Å². The van der Waals surface area contributed by atoms with Gasteiger partial charge in [-0.25, -0.2) is 0 Å². The fraction of sp³-hybridized carbons (Fsp3) is 0.688. The molecule has 0 saturated carbocycles. The molecule has 5 nitrogen and oxygen atoms in total. The first-order chi connectivity index (χ1) is 10.2. The summed E-state index contributed by atoms with van der Waals surface area (Å²) in [5, 5.41) is 0. The number of carbonyl (C=O) groups is 1. The Labute approximate surface area is 125 Å². The predicted molar refractivity (Wildman–Crippen MR) is 77.5 cm³/mol. The number of ether oxygens (including phenoxy) is 2. The Hall–Kier alpha value is -1.49. The molecule has 116 valence electrons. The summed E-state index contributed by atoms with van der Waals surface area (Å²) in [4.78, 5) is 14.3. The Balaban J connectivity index is 1.59. The lowest BCUT2D eigenvalue weighted by molar-refractivity contribution is -0.0180. The maximum Gasteiger partial charge on any atom is 0.289 e. The normalized spacial score (nSPS) is 21.5. The number of furan rings is 1. The number of amides is 1. The fourth-order valence-corrected chi connectivity index (χ4v) is 3.30. The second-order valence-corrected chi connectivity index (χ2v) is 5.96. The molecule has 2 aliphatic heterocycles. The molecule has 0 aromatic carbocycles. The zero-order chi connectivity index (χ0) is 14.7. The smallest absolute Gasteiger partial charge is 0.289 e. The fourth-order valence-electron chi connectivity index (χ4n) is 3.30. The van der Waals surface area contributed by atoms with E-state index in [0.717, 1.165) is 52.0 Å². The summed E-state index contributed by atoms with van der Waals surface area (Å²) in [5.41, 5.74) is 0.397. The lowest BCUT2D eigenvalue weighted by Crippen LogP contribution is -2.45. The van der Waals surface area contributed by atoms with Gasteiger partial charge in [-0.05, 0) is 44.1 Å². The first-order valence-electron chi connectivity index (χ1n) is 7.82. The van der Waals surface area contributed by atoms with Gasteiger partial charge in [0.2, 0.25) is 0 Å². The summed E-state index contributed by atoms with van der Waals surface area (Å²) in [5.74, 6) is 0.767. The highest BCUT2D eigenvalue weighted by molar-refractivity contribution is 5.91. The monoisotopic (exact) mass is 293 g/mol. The molecular formula is C16H23NO4. The van der Waals surface area contributed by atoms with E-state index >= 15 is 0 Å². The maximum absolute atomic E-state index is 12.4. The van der Waals surface area contributed by atoms with Crippen LogP contribution in [0.4, 0.5) is 0 Å². The second-order valence-electron chi connectivity index (χ2n) is 5.96. The van der Waals surface area contributed by atoms with Crippen LogP contribution in [0.25, 0.3) is 0 Å². The van der Waals surface area contributed by atoms with Crippen molar-refractivity contribution in [3.8, 4) is 5.95 Å². The average Bonchev–Trinajstić information content (AvgIpc) is 2.97. The minimum absolute atomic E-state index is 0.0251.